The van der Waals surface area contributed by atoms with E-state index in [0.717, 1.165) is 6.07 Å². The molecule has 0 unspecified atom stereocenters. The van der Waals surface area contributed by atoms with Crippen LogP contribution in [0.5, 0.6) is 5.75 Å². The highest BCUT2D eigenvalue weighted by Gasteiger charge is 2.23. The lowest BCUT2D eigenvalue weighted by molar-refractivity contribution is 0.362. The van der Waals surface area contributed by atoms with Gasteiger partial charge in [0.25, 0.3) is 0 Å². The van der Waals surface area contributed by atoms with Crippen LogP contribution in [-0.2, 0) is 6.42 Å². The number of hydrogen-bond donors (Lipinski definition) is 0. The highest BCUT2D eigenvalue weighted by molar-refractivity contribution is 5.91. The van der Waals surface area contributed by atoms with E-state index in [1.807, 2.05) is 6.92 Å². The number of benzene rings is 3. The number of ether oxygens (including phenoxy) is 1. The highest BCUT2D eigenvalue weighted by Crippen LogP contribution is 2.35. The topological polar surface area (TPSA) is 9.23 Å². The number of rotatable bonds is 6. The summed E-state index contributed by atoms with van der Waals surface area (Å²) in [5.74, 6) is -6.60. The average Bonchev–Trinajstić information content (AvgIpc) is 2.76. The Morgan fingerprint density at radius 1 is 0.900 bits per heavy atom. The summed E-state index contributed by atoms with van der Waals surface area (Å²) < 4.78 is 78.2. The molecule has 0 N–H and O–H groups in total. The lowest BCUT2D eigenvalue weighted by Gasteiger charge is -2.10. The molecule has 0 spiro atoms. The van der Waals surface area contributed by atoms with E-state index in [9.17, 15) is 22.0 Å². The van der Waals surface area contributed by atoms with E-state index in [0.29, 0.717) is 12.4 Å². The fraction of sp³-hybridized carbons (Fsp3) is 0.167. The van der Waals surface area contributed by atoms with Crippen LogP contribution in [0.25, 0.3) is 22.4 Å². The van der Waals surface area contributed by atoms with Crippen molar-refractivity contribution in [3.05, 3.63) is 88.8 Å². The first-order valence-corrected chi connectivity index (χ1v) is 9.38. The summed E-state index contributed by atoms with van der Waals surface area (Å²) in [6.07, 6.45) is 3.86. The van der Waals surface area contributed by atoms with Crippen molar-refractivity contribution in [2.24, 2.45) is 0 Å². The van der Waals surface area contributed by atoms with Gasteiger partial charge in [-0.2, -0.15) is 0 Å². The third kappa shape index (κ3) is 4.08. The molecule has 0 aliphatic rings. The largest absolute Gasteiger partial charge is 0.490 e. The molecule has 6 heteroatoms. The van der Waals surface area contributed by atoms with Crippen LogP contribution >= 0.6 is 0 Å². The van der Waals surface area contributed by atoms with Crippen molar-refractivity contribution < 1.29 is 26.7 Å². The molecule has 0 aliphatic carbocycles. The first kappa shape index (κ1) is 21.6. The van der Waals surface area contributed by atoms with Crippen molar-refractivity contribution in [2.45, 2.75) is 20.3 Å². The molecule has 3 rings (SSSR count). The second kappa shape index (κ2) is 9.11. The molecule has 0 aliphatic heterocycles. The highest BCUT2D eigenvalue weighted by atomic mass is 19.2. The molecule has 0 fully saturated rings. The lowest BCUT2D eigenvalue weighted by atomic mass is 9.99. The molecule has 0 radical (unpaired) electrons. The molecule has 0 atom stereocenters. The Balaban J connectivity index is 2.03. The van der Waals surface area contributed by atoms with Gasteiger partial charge in [-0.25, -0.2) is 22.0 Å². The van der Waals surface area contributed by atoms with Crippen LogP contribution < -0.4 is 4.74 Å². The molecule has 0 saturated heterocycles. The van der Waals surface area contributed by atoms with Crippen molar-refractivity contribution in [3.8, 4) is 5.75 Å². The van der Waals surface area contributed by atoms with Gasteiger partial charge in [0, 0.05) is 5.56 Å². The molecule has 0 aromatic heterocycles. The van der Waals surface area contributed by atoms with E-state index >= 15 is 0 Å². The van der Waals surface area contributed by atoms with Gasteiger partial charge < -0.3 is 4.74 Å². The van der Waals surface area contributed by atoms with Crippen LogP contribution in [0.3, 0.4) is 0 Å². The van der Waals surface area contributed by atoms with Crippen LogP contribution in [0.15, 0.2) is 54.6 Å². The van der Waals surface area contributed by atoms with Crippen LogP contribution in [0.1, 0.15) is 30.5 Å². The second-order valence-corrected chi connectivity index (χ2v) is 6.57. The summed E-state index contributed by atoms with van der Waals surface area (Å²) in [6, 6.07) is 9.06. The summed E-state index contributed by atoms with van der Waals surface area (Å²) in [6.45, 7) is 3.82. The second-order valence-electron chi connectivity index (χ2n) is 6.57. The number of aryl methyl sites for hydroxylation is 1. The third-order valence-electron chi connectivity index (χ3n) is 4.70. The van der Waals surface area contributed by atoms with Gasteiger partial charge in [0.15, 0.2) is 23.3 Å². The zero-order valence-corrected chi connectivity index (χ0v) is 16.4. The Morgan fingerprint density at radius 2 is 1.60 bits per heavy atom. The minimum absolute atomic E-state index is 0.0609. The minimum Gasteiger partial charge on any atom is -0.490 e. The fourth-order valence-corrected chi connectivity index (χ4v) is 3.04. The average molecular weight is 418 g/mol. The number of hydrogen-bond acceptors (Lipinski definition) is 1. The van der Waals surface area contributed by atoms with Crippen molar-refractivity contribution in [1.82, 2.24) is 0 Å². The number of allylic oxidation sites excluding steroid dienone is 1. The maximum Gasteiger partial charge on any atom is 0.170 e. The first-order valence-electron chi connectivity index (χ1n) is 9.38. The predicted molar refractivity (Wildman–Crippen MR) is 109 cm³/mol. The molecule has 1 nitrogen and oxygen atoms in total. The molecule has 0 saturated carbocycles. The Hall–Kier alpha value is -3.15. The van der Waals surface area contributed by atoms with E-state index in [1.165, 1.54) is 36.4 Å². The smallest absolute Gasteiger partial charge is 0.170 e. The Bertz CT molecular complexity index is 1130. The van der Waals surface area contributed by atoms with Gasteiger partial charge in [-0.1, -0.05) is 31.2 Å². The summed E-state index contributed by atoms with van der Waals surface area (Å²) in [7, 11) is 0. The molecule has 3 aromatic carbocycles. The van der Waals surface area contributed by atoms with E-state index in [2.05, 4.69) is 0 Å². The molecule has 0 bridgehead atoms. The van der Waals surface area contributed by atoms with E-state index < -0.39 is 40.1 Å². The summed E-state index contributed by atoms with van der Waals surface area (Å²) in [5, 5.41) is -0.638. The van der Waals surface area contributed by atoms with E-state index in [4.69, 9.17) is 4.74 Å². The van der Waals surface area contributed by atoms with Gasteiger partial charge in [-0.3, -0.25) is 0 Å². The monoisotopic (exact) mass is 418 g/mol. The maximum atomic E-state index is 14.7. The van der Waals surface area contributed by atoms with Gasteiger partial charge in [-0.15, -0.1) is 0 Å². The summed E-state index contributed by atoms with van der Waals surface area (Å²) in [5.41, 5.74) is -0.875. The van der Waals surface area contributed by atoms with Crippen molar-refractivity contribution in [2.75, 3.05) is 6.61 Å². The van der Waals surface area contributed by atoms with Crippen molar-refractivity contribution in [3.63, 3.8) is 0 Å². The summed E-state index contributed by atoms with van der Waals surface area (Å²) in [4.78, 5) is 0. The van der Waals surface area contributed by atoms with Crippen LogP contribution in [0, 0.1) is 17.5 Å². The molecule has 3 aromatic rings. The Labute approximate surface area is 171 Å². The molecule has 156 valence electrons. The number of halogens is 5. The maximum absolute atomic E-state index is 14.7. The number of fused-ring (bicyclic) bond motifs is 1. The van der Waals surface area contributed by atoms with Crippen molar-refractivity contribution >= 4 is 22.4 Å². The molecular formula is C24H19F5O. The van der Waals surface area contributed by atoms with Gasteiger partial charge in [0.1, 0.15) is 18.2 Å². The van der Waals surface area contributed by atoms with Gasteiger partial charge >= 0.3 is 0 Å². The predicted octanol–water partition coefficient (Wildman–Crippen LogP) is 7.54. The minimum atomic E-state index is -1.64. The van der Waals surface area contributed by atoms with Crippen molar-refractivity contribution in [1.29, 1.82) is 0 Å². The molecular weight excluding hydrogens is 399 g/mol. The van der Waals surface area contributed by atoms with Gasteiger partial charge in [0.2, 0.25) is 0 Å². The zero-order valence-electron chi connectivity index (χ0n) is 16.4. The quantitative estimate of drug-likeness (QED) is 0.228. The normalized spacial score (nSPS) is 12.5. The van der Waals surface area contributed by atoms with Gasteiger partial charge in [-0.05, 0) is 54.6 Å². The standard InChI is InChI=1S/C24H19F5O/c1-3-5-12-30-17-10-8-15(9-11-17)21(26)22(27)18-13-16-7-6-14(4-2)20(25)19(16)24(29)23(18)28/h3,5-11,13H,4,12H2,1-2H3. The molecule has 0 amide bonds. The molecule has 30 heavy (non-hydrogen) atoms. The fourth-order valence-electron chi connectivity index (χ4n) is 3.04. The third-order valence-corrected chi connectivity index (χ3v) is 4.70. The lowest BCUT2D eigenvalue weighted by Crippen LogP contribution is -1.99. The van der Waals surface area contributed by atoms with E-state index in [1.54, 1.807) is 19.1 Å². The SMILES string of the molecule is CC=CCOc1ccc(C(F)=C(F)c2cc3ccc(CC)c(F)c3c(F)c2F)cc1. The Morgan fingerprint density at radius 3 is 2.23 bits per heavy atom. The van der Waals surface area contributed by atoms with E-state index in [-0.39, 0.29) is 22.9 Å². The van der Waals surface area contributed by atoms with Crippen LogP contribution in [0.2, 0.25) is 0 Å². The van der Waals surface area contributed by atoms with Crippen LogP contribution in [-0.4, -0.2) is 6.61 Å². The Kier molecular flexibility index (Phi) is 6.55. The molecule has 0 heterocycles. The van der Waals surface area contributed by atoms with Crippen LogP contribution in [0.4, 0.5) is 22.0 Å². The zero-order chi connectivity index (χ0) is 21.8. The van der Waals surface area contributed by atoms with Gasteiger partial charge in [0.05, 0.1) is 10.9 Å². The first-order chi connectivity index (χ1) is 14.4. The summed E-state index contributed by atoms with van der Waals surface area (Å²) >= 11 is 0.